The quantitative estimate of drug-likeness (QED) is 0.187. The highest BCUT2D eigenvalue weighted by atomic mass is 32.1. The first kappa shape index (κ1) is 23.6. The molecule has 0 saturated heterocycles. The average molecular weight is 563 g/mol. The predicted molar refractivity (Wildman–Crippen MR) is 183 cm³/mol. The van der Waals surface area contributed by atoms with E-state index in [9.17, 15) is 0 Å². The third-order valence-corrected chi connectivity index (χ3v) is 11.1. The van der Waals surface area contributed by atoms with Crippen LogP contribution in [-0.4, -0.2) is 0 Å². The Hall–Kier alpha value is -4.98. The van der Waals surface area contributed by atoms with E-state index in [0.29, 0.717) is 0 Å². The van der Waals surface area contributed by atoms with Crippen LogP contribution in [0.15, 0.2) is 140 Å². The van der Waals surface area contributed by atoms with E-state index in [1.54, 1.807) is 0 Å². The molecular formula is C42H26S. The summed E-state index contributed by atoms with van der Waals surface area (Å²) in [5.41, 5.74) is 14.5. The van der Waals surface area contributed by atoms with E-state index in [1.807, 2.05) is 11.3 Å². The average Bonchev–Trinajstić information content (AvgIpc) is 3.68. The molecule has 0 unspecified atom stereocenters. The van der Waals surface area contributed by atoms with Crippen molar-refractivity contribution in [3.8, 4) is 33.4 Å². The molecule has 0 bridgehead atoms. The molecule has 1 spiro atoms. The molecule has 8 aromatic rings. The van der Waals surface area contributed by atoms with Gasteiger partial charge in [0, 0.05) is 20.2 Å². The molecule has 0 atom stereocenters. The largest absolute Gasteiger partial charge is 0.135 e. The summed E-state index contributed by atoms with van der Waals surface area (Å²) in [5, 5.41) is 5.33. The van der Waals surface area contributed by atoms with Crippen LogP contribution in [0.25, 0.3) is 64.3 Å². The molecule has 7 aromatic carbocycles. The van der Waals surface area contributed by atoms with E-state index in [-0.39, 0.29) is 5.41 Å². The number of rotatable bonds is 1. The third-order valence-electron chi connectivity index (χ3n) is 9.93. The first-order chi connectivity index (χ1) is 21.2. The van der Waals surface area contributed by atoms with E-state index >= 15 is 0 Å². The van der Waals surface area contributed by atoms with Crippen molar-refractivity contribution in [1.29, 1.82) is 0 Å². The Morgan fingerprint density at radius 2 is 0.953 bits per heavy atom. The maximum Gasteiger partial charge on any atom is 0.0731 e. The normalized spacial score (nSPS) is 13.9. The van der Waals surface area contributed by atoms with Crippen LogP contribution in [0.3, 0.4) is 0 Å². The van der Waals surface area contributed by atoms with Gasteiger partial charge in [0.05, 0.1) is 5.41 Å². The third kappa shape index (κ3) is 2.95. The first-order valence-electron chi connectivity index (χ1n) is 15.0. The van der Waals surface area contributed by atoms with Crippen molar-refractivity contribution < 1.29 is 0 Å². The molecule has 0 nitrogen and oxygen atoms in total. The molecular weight excluding hydrogens is 537 g/mol. The minimum Gasteiger partial charge on any atom is -0.135 e. The molecule has 0 aliphatic heterocycles. The van der Waals surface area contributed by atoms with Crippen molar-refractivity contribution in [2.45, 2.75) is 12.3 Å². The van der Waals surface area contributed by atoms with E-state index in [2.05, 4.69) is 146 Å². The molecule has 0 saturated carbocycles. The molecule has 0 N–H and O–H groups in total. The Balaban J connectivity index is 1.30. The second-order valence-electron chi connectivity index (χ2n) is 12.1. The number of hydrogen-bond acceptors (Lipinski definition) is 1. The molecule has 2 aliphatic rings. The summed E-state index contributed by atoms with van der Waals surface area (Å²) < 4.78 is 2.70. The van der Waals surface area contributed by atoms with Gasteiger partial charge in [0.25, 0.3) is 0 Å². The predicted octanol–water partition coefficient (Wildman–Crippen LogP) is 11.5. The standard InChI is InChI=1S/C42H26S/c1-25-14-20-39-34(22-25)35-24-28(18-21-40(35)43-39)27-16-15-26-17-19-32-31-10-4-7-13-38(31)42(41(32)33(26)23-27)36-11-5-2-8-29(36)30-9-3-6-12-37(30)42/h2-24H,1H3. The van der Waals surface area contributed by atoms with Gasteiger partial charge in [-0.3, -0.25) is 0 Å². The topological polar surface area (TPSA) is 0 Å². The van der Waals surface area contributed by atoms with Crippen molar-refractivity contribution in [3.63, 3.8) is 0 Å². The molecule has 10 rings (SSSR count). The van der Waals surface area contributed by atoms with Crippen molar-refractivity contribution in [2.75, 3.05) is 0 Å². The van der Waals surface area contributed by atoms with Gasteiger partial charge in [-0.05, 0) is 104 Å². The Morgan fingerprint density at radius 1 is 0.442 bits per heavy atom. The minimum atomic E-state index is -0.345. The zero-order valence-corrected chi connectivity index (χ0v) is 24.5. The van der Waals surface area contributed by atoms with Gasteiger partial charge in [-0.15, -0.1) is 11.3 Å². The van der Waals surface area contributed by atoms with Crippen molar-refractivity contribution in [3.05, 3.63) is 167 Å². The van der Waals surface area contributed by atoms with Gasteiger partial charge in [-0.25, -0.2) is 0 Å². The van der Waals surface area contributed by atoms with Gasteiger partial charge in [-0.1, -0.05) is 115 Å². The fourth-order valence-electron chi connectivity index (χ4n) is 8.17. The lowest BCUT2D eigenvalue weighted by molar-refractivity contribution is 0.801. The van der Waals surface area contributed by atoms with Crippen LogP contribution >= 0.6 is 11.3 Å². The van der Waals surface area contributed by atoms with Gasteiger partial charge in [0.1, 0.15) is 0 Å². The fourth-order valence-corrected chi connectivity index (χ4v) is 9.24. The number of thiophene rings is 1. The monoisotopic (exact) mass is 562 g/mol. The minimum absolute atomic E-state index is 0.345. The van der Waals surface area contributed by atoms with Crippen molar-refractivity contribution in [2.24, 2.45) is 0 Å². The zero-order chi connectivity index (χ0) is 28.3. The van der Waals surface area contributed by atoms with Crippen LogP contribution in [0.5, 0.6) is 0 Å². The van der Waals surface area contributed by atoms with E-state index in [0.717, 1.165) is 0 Å². The van der Waals surface area contributed by atoms with Crippen LogP contribution in [-0.2, 0) is 5.41 Å². The van der Waals surface area contributed by atoms with Gasteiger partial charge in [-0.2, -0.15) is 0 Å². The smallest absolute Gasteiger partial charge is 0.0731 e. The summed E-state index contributed by atoms with van der Waals surface area (Å²) in [5.74, 6) is 0. The van der Waals surface area contributed by atoms with Crippen molar-refractivity contribution >= 4 is 42.3 Å². The Kier molecular flexibility index (Phi) is 4.56. The number of benzene rings is 7. The van der Waals surface area contributed by atoms with E-state index in [4.69, 9.17) is 0 Å². The van der Waals surface area contributed by atoms with Gasteiger partial charge >= 0.3 is 0 Å². The molecule has 1 heteroatoms. The van der Waals surface area contributed by atoms with Crippen LogP contribution in [0.1, 0.15) is 27.8 Å². The van der Waals surface area contributed by atoms with E-state index in [1.165, 1.54) is 92.1 Å². The maximum absolute atomic E-state index is 2.46. The lowest BCUT2D eigenvalue weighted by atomic mass is 9.69. The lowest BCUT2D eigenvalue weighted by Gasteiger charge is -2.31. The van der Waals surface area contributed by atoms with Crippen LogP contribution in [0.4, 0.5) is 0 Å². The molecule has 200 valence electrons. The van der Waals surface area contributed by atoms with Gasteiger partial charge in [0.15, 0.2) is 0 Å². The summed E-state index contributed by atoms with van der Waals surface area (Å²) in [6, 6.07) is 52.8. The Bertz CT molecular complexity index is 2410. The second-order valence-corrected chi connectivity index (χ2v) is 13.2. The number of fused-ring (bicyclic) bond motifs is 15. The molecule has 43 heavy (non-hydrogen) atoms. The van der Waals surface area contributed by atoms with Crippen LogP contribution in [0, 0.1) is 6.92 Å². The molecule has 2 aliphatic carbocycles. The van der Waals surface area contributed by atoms with Crippen LogP contribution in [0.2, 0.25) is 0 Å². The molecule has 1 heterocycles. The lowest BCUT2D eigenvalue weighted by Crippen LogP contribution is -2.26. The van der Waals surface area contributed by atoms with Crippen LogP contribution < -0.4 is 0 Å². The van der Waals surface area contributed by atoms with E-state index < -0.39 is 0 Å². The summed E-state index contributed by atoms with van der Waals surface area (Å²) in [6.45, 7) is 2.18. The number of aryl methyl sites for hydroxylation is 1. The summed E-state index contributed by atoms with van der Waals surface area (Å²) in [4.78, 5) is 0. The maximum atomic E-state index is 2.46. The summed E-state index contributed by atoms with van der Waals surface area (Å²) in [7, 11) is 0. The number of hydrogen-bond donors (Lipinski definition) is 0. The van der Waals surface area contributed by atoms with Gasteiger partial charge in [0.2, 0.25) is 0 Å². The Morgan fingerprint density at radius 3 is 1.63 bits per heavy atom. The summed E-state index contributed by atoms with van der Waals surface area (Å²) in [6.07, 6.45) is 0. The van der Waals surface area contributed by atoms with Crippen molar-refractivity contribution in [1.82, 2.24) is 0 Å². The zero-order valence-electron chi connectivity index (χ0n) is 23.7. The molecule has 1 aromatic heterocycles. The molecule has 0 fully saturated rings. The van der Waals surface area contributed by atoms with Gasteiger partial charge < -0.3 is 0 Å². The summed E-state index contributed by atoms with van der Waals surface area (Å²) >= 11 is 1.89. The highest BCUT2D eigenvalue weighted by molar-refractivity contribution is 7.25. The second kappa shape index (κ2) is 8.31. The fraction of sp³-hybridized carbons (Fsp3) is 0.0476. The first-order valence-corrected chi connectivity index (χ1v) is 15.8. The SMILES string of the molecule is Cc1ccc2sc3ccc(-c4ccc5ccc6c(c5c4)C4(c5ccccc5-c5ccccc54)c4ccccc4-6)cc3c2c1. The highest BCUT2D eigenvalue weighted by Gasteiger charge is 2.52. The highest BCUT2D eigenvalue weighted by Crippen LogP contribution is 2.64. The molecule has 0 radical (unpaired) electrons. The molecule has 0 amide bonds. The Labute approximate surface area is 254 Å².